The molecule has 1 aliphatic rings. The van der Waals surface area contributed by atoms with Crippen LogP contribution in [0, 0.1) is 0 Å². The Hall–Kier alpha value is -1.60. The first kappa shape index (κ1) is 16.3. The van der Waals surface area contributed by atoms with Gasteiger partial charge in [0.25, 0.3) is 5.91 Å². The molecular weight excluding hydrogens is 332 g/mol. The molecule has 0 saturated carbocycles. The van der Waals surface area contributed by atoms with Crippen molar-refractivity contribution < 1.29 is 13.2 Å². The summed E-state index contributed by atoms with van der Waals surface area (Å²) in [6.45, 7) is 1.66. The molecule has 0 spiro atoms. The molecule has 2 heterocycles. The number of thiophene rings is 1. The summed E-state index contributed by atoms with van der Waals surface area (Å²) in [5.41, 5.74) is 0.606. The summed E-state index contributed by atoms with van der Waals surface area (Å²) in [7, 11) is -1.76. The van der Waals surface area contributed by atoms with Crippen molar-refractivity contribution in [2.24, 2.45) is 0 Å². The zero-order valence-electron chi connectivity index (χ0n) is 13.3. The van der Waals surface area contributed by atoms with Crippen molar-refractivity contribution in [2.75, 3.05) is 30.7 Å². The molecule has 1 aromatic carbocycles. The van der Waals surface area contributed by atoms with Crippen molar-refractivity contribution in [3.05, 3.63) is 29.1 Å². The van der Waals surface area contributed by atoms with Gasteiger partial charge < -0.3 is 4.90 Å². The molecule has 0 atom stereocenters. The number of likely N-dealkylation sites (tertiary alicyclic amines) is 1. The SMILES string of the molecule is CN(c1ccc2sc(C(=O)N3CCCCC3)cc2c1)S(C)(=O)=O. The minimum Gasteiger partial charge on any atom is -0.338 e. The molecular formula is C16H20N2O3S2. The molecule has 7 heteroatoms. The maximum absolute atomic E-state index is 12.6. The normalized spacial score (nSPS) is 15.8. The van der Waals surface area contributed by atoms with Gasteiger partial charge in [-0.25, -0.2) is 8.42 Å². The van der Waals surface area contributed by atoms with Crippen molar-refractivity contribution in [1.82, 2.24) is 4.90 Å². The quantitative estimate of drug-likeness (QED) is 0.853. The van der Waals surface area contributed by atoms with Crippen LogP contribution in [0.5, 0.6) is 0 Å². The van der Waals surface area contributed by atoms with E-state index in [0.29, 0.717) is 5.69 Å². The minimum absolute atomic E-state index is 0.0870. The summed E-state index contributed by atoms with van der Waals surface area (Å²) in [6.07, 6.45) is 4.51. The minimum atomic E-state index is -3.29. The van der Waals surface area contributed by atoms with Gasteiger partial charge in [0.05, 0.1) is 16.8 Å². The summed E-state index contributed by atoms with van der Waals surface area (Å²) < 4.78 is 25.6. The van der Waals surface area contributed by atoms with Gasteiger partial charge in [-0.15, -0.1) is 11.3 Å². The fourth-order valence-electron chi connectivity index (χ4n) is 2.78. The fourth-order valence-corrected chi connectivity index (χ4v) is 4.28. The van der Waals surface area contributed by atoms with Gasteiger partial charge in [-0.3, -0.25) is 9.10 Å². The van der Waals surface area contributed by atoms with Crippen LogP contribution in [0.3, 0.4) is 0 Å². The number of hydrogen-bond acceptors (Lipinski definition) is 4. The predicted molar refractivity (Wildman–Crippen MR) is 94.8 cm³/mol. The van der Waals surface area contributed by atoms with Crippen LogP contribution < -0.4 is 4.31 Å². The number of hydrogen-bond donors (Lipinski definition) is 0. The third-order valence-corrected chi connectivity index (χ3v) is 6.52. The number of nitrogens with zero attached hydrogens (tertiary/aromatic N) is 2. The van der Waals surface area contributed by atoms with Crippen molar-refractivity contribution in [2.45, 2.75) is 19.3 Å². The van der Waals surface area contributed by atoms with Crippen molar-refractivity contribution in [3.8, 4) is 0 Å². The van der Waals surface area contributed by atoms with E-state index in [0.717, 1.165) is 40.9 Å². The molecule has 5 nitrogen and oxygen atoms in total. The Morgan fingerprint density at radius 2 is 1.87 bits per heavy atom. The second-order valence-electron chi connectivity index (χ2n) is 5.92. The molecule has 1 aliphatic heterocycles. The van der Waals surface area contributed by atoms with E-state index in [9.17, 15) is 13.2 Å². The molecule has 1 fully saturated rings. The van der Waals surface area contributed by atoms with Crippen LogP contribution in [0.2, 0.25) is 0 Å². The average molecular weight is 352 g/mol. The predicted octanol–water partition coefficient (Wildman–Crippen LogP) is 2.92. The van der Waals surface area contributed by atoms with E-state index in [1.54, 1.807) is 6.07 Å². The van der Waals surface area contributed by atoms with E-state index >= 15 is 0 Å². The molecule has 1 saturated heterocycles. The molecule has 0 bridgehead atoms. The van der Waals surface area contributed by atoms with Crippen LogP contribution >= 0.6 is 11.3 Å². The smallest absolute Gasteiger partial charge is 0.263 e. The van der Waals surface area contributed by atoms with Gasteiger partial charge in [-0.05, 0) is 48.9 Å². The van der Waals surface area contributed by atoms with E-state index in [4.69, 9.17) is 0 Å². The lowest BCUT2D eigenvalue weighted by Gasteiger charge is -2.26. The van der Waals surface area contributed by atoms with Crippen molar-refractivity contribution >= 4 is 43.0 Å². The highest BCUT2D eigenvalue weighted by Gasteiger charge is 2.20. The standard InChI is InChI=1S/C16H20N2O3S2/c1-17(23(2,20)21)13-6-7-14-12(10-13)11-15(22-14)16(19)18-8-4-3-5-9-18/h6-7,10-11H,3-5,8-9H2,1-2H3. The van der Waals surface area contributed by atoms with Crippen LogP contribution in [0.1, 0.15) is 28.9 Å². The van der Waals surface area contributed by atoms with Gasteiger partial charge in [0, 0.05) is 24.8 Å². The number of anilines is 1. The Morgan fingerprint density at radius 1 is 1.17 bits per heavy atom. The van der Waals surface area contributed by atoms with Gasteiger partial charge in [0.2, 0.25) is 10.0 Å². The number of rotatable bonds is 3. The molecule has 0 unspecified atom stereocenters. The number of sulfonamides is 1. The number of piperidine rings is 1. The summed E-state index contributed by atoms with van der Waals surface area (Å²) in [5, 5.41) is 0.906. The summed E-state index contributed by atoms with van der Waals surface area (Å²) in [6, 6.07) is 7.34. The molecule has 0 radical (unpaired) electrons. The third-order valence-electron chi connectivity index (χ3n) is 4.22. The van der Waals surface area contributed by atoms with Crippen LogP contribution in [0.4, 0.5) is 5.69 Å². The molecule has 124 valence electrons. The first-order chi connectivity index (χ1) is 10.9. The first-order valence-electron chi connectivity index (χ1n) is 7.63. The van der Waals surface area contributed by atoms with Crippen LogP contribution in [0.25, 0.3) is 10.1 Å². The molecule has 23 heavy (non-hydrogen) atoms. The summed E-state index contributed by atoms with van der Waals surface area (Å²) >= 11 is 1.47. The first-order valence-corrected chi connectivity index (χ1v) is 10.3. The van der Waals surface area contributed by atoms with Gasteiger partial charge in [0.1, 0.15) is 0 Å². The van der Waals surface area contributed by atoms with Gasteiger partial charge >= 0.3 is 0 Å². The van der Waals surface area contributed by atoms with Gasteiger partial charge in [-0.2, -0.15) is 0 Å². The molecule has 2 aromatic rings. The van der Waals surface area contributed by atoms with E-state index in [1.807, 2.05) is 23.1 Å². The van der Waals surface area contributed by atoms with Crippen LogP contribution in [-0.4, -0.2) is 45.6 Å². The van der Waals surface area contributed by atoms with E-state index in [1.165, 1.54) is 35.4 Å². The number of fused-ring (bicyclic) bond motifs is 1. The average Bonchev–Trinajstić information content (AvgIpc) is 2.96. The Labute approximate surface area is 140 Å². The Kier molecular flexibility index (Phi) is 4.33. The highest BCUT2D eigenvalue weighted by atomic mass is 32.2. The number of carbonyl (C=O) groups is 1. The summed E-state index contributed by atoms with van der Waals surface area (Å²) in [5.74, 6) is 0.0870. The molecule has 0 aliphatic carbocycles. The monoisotopic (exact) mass is 352 g/mol. The van der Waals surface area contributed by atoms with Crippen LogP contribution in [0.15, 0.2) is 24.3 Å². The second kappa shape index (κ2) is 6.13. The van der Waals surface area contributed by atoms with Crippen LogP contribution in [-0.2, 0) is 10.0 Å². The molecule has 1 amide bonds. The highest BCUT2D eigenvalue weighted by molar-refractivity contribution is 7.92. The van der Waals surface area contributed by atoms with Crippen molar-refractivity contribution in [1.29, 1.82) is 0 Å². The van der Waals surface area contributed by atoms with Gasteiger partial charge in [-0.1, -0.05) is 0 Å². The molecule has 1 aromatic heterocycles. The second-order valence-corrected chi connectivity index (χ2v) is 9.01. The Morgan fingerprint density at radius 3 is 2.52 bits per heavy atom. The number of amides is 1. The van der Waals surface area contributed by atoms with E-state index in [-0.39, 0.29) is 5.91 Å². The maximum atomic E-state index is 12.6. The third kappa shape index (κ3) is 3.35. The summed E-state index contributed by atoms with van der Waals surface area (Å²) in [4.78, 5) is 15.2. The van der Waals surface area contributed by atoms with E-state index < -0.39 is 10.0 Å². The lowest BCUT2D eigenvalue weighted by molar-refractivity contribution is 0.0729. The Bertz CT molecular complexity index is 836. The van der Waals surface area contributed by atoms with Gasteiger partial charge in [0.15, 0.2) is 0 Å². The lowest BCUT2D eigenvalue weighted by Crippen LogP contribution is -2.35. The molecule has 0 N–H and O–H groups in total. The van der Waals surface area contributed by atoms with Crippen molar-refractivity contribution in [3.63, 3.8) is 0 Å². The number of benzene rings is 1. The topological polar surface area (TPSA) is 57.7 Å². The lowest BCUT2D eigenvalue weighted by atomic mass is 10.1. The highest BCUT2D eigenvalue weighted by Crippen LogP contribution is 2.31. The zero-order chi connectivity index (χ0) is 16.6. The molecule has 3 rings (SSSR count). The Balaban J connectivity index is 1.91. The largest absolute Gasteiger partial charge is 0.338 e. The zero-order valence-corrected chi connectivity index (χ0v) is 14.9. The fraction of sp³-hybridized carbons (Fsp3) is 0.438. The maximum Gasteiger partial charge on any atom is 0.263 e. The number of carbonyl (C=O) groups excluding carboxylic acids is 1. The van der Waals surface area contributed by atoms with E-state index in [2.05, 4.69) is 0 Å².